The van der Waals surface area contributed by atoms with E-state index in [9.17, 15) is 4.79 Å². The van der Waals surface area contributed by atoms with E-state index in [1.54, 1.807) is 30.3 Å². The molecule has 0 bridgehead atoms. The maximum Gasteiger partial charge on any atom is 0.246 e. The molecule has 2 heterocycles. The second-order valence-corrected chi connectivity index (χ2v) is 4.82. The van der Waals surface area contributed by atoms with E-state index in [0.29, 0.717) is 6.54 Å². The number of likely N-dealkylation sites (N-methyl/N-ethyl adjacent to an activating group) is 1. The first kappa shape index (κ1) is 15.0. The molecule has 21 heavy (non-hydrogen) atoms. The van der Waals surface area contributed by atoms with E-state index in [2.05, 4.69) is 10.2 Å². The second kappa shape index (κ2) is 6.88. The fraction of sp³-hybridized carbons (Fsp3) is 0.400. The SMILES string of the molecule is CCn1cc(/C=C/C(=O)N(C)Cc2ccn(CC)n2)cn1. The smallest absolute Gasteiger partial charge is 0.246 e. The van der Waals surface area contributed by atoms with E-state index in [4.69, 9.17) is 0 Å². The molecule has 0 saturated carbocycles. The third-order valence-electron chi connectivity index (χ3n) is 3.19. The Labute approximate surface area is 124 Å². The van der Waals surface area contributed by atoms with Crippen LogP contribution in [0.4, 0.5) is 0 Å². The Morgan fingerprint density at radius 1 is 1.33 bits per heavy atom. The number of rotatable bonds is 6. The first-order valence-corrected chi connectivity index (χ1v) is 7.10. The van der Waals surface area contributed by atoms with Crippen molar-refractivity contribution in [2.75, 3.05) is 7.05 Å². The van der Waals surface area contributed by atoms with Crippen LogP contribution in [0.15, 0.2) is 30.7 Å². The monoisotopic (exact) mass is 287 g/mol. The van der Waals surface area contributed by atoms with E-state index in [-0.39, 0.29) is 5.91 Å². The predicted molar refractivity (Wildman–Crippen MR) is 81.3 cm³/mol. The number of amides is 1. The molecular formula is C15H21N5O. The number of carbonyl (C=O) groups is 1. The lowest BCUT2D eigenvalue weighted by atomic mass is 10.3. The van der Waals surface area contributed by atoms with Crippen LogP contribution in [-0.4, -0.2) is 37.4 Å². The van der Waals surface area contributed by atoms with E-state index in [1.807, 2.05) is 41.7 Å². The van der Waals surface area contributed by atoms with Crippen LogP contribution in [0, 0.1) is 0 Å². The van der Waals surface area contributed by atoms with Crippen molar-refractivity contribution in [3.8, 4) is 0 Å². The number of hydrogen-bond acceptors (Lipinski definition) is 3. The van der Waals surface area contributed by atoms with E-state index < -0.39 is 0 Å². The molecule has 0 fully saturated rings. The molecule has 0 unspecified atom stereocenters. The number of aryl methyl sites for hydroxylation is 2. The Morgan fingerprint density at radius 3 is 2.71 bits per heavy atom. The highest BCUT2D eigenvalue weighted by atomic mass is 16.2. The summed E-state index contributed by atoms with van der Waals surface area (Å²) in [5.41, 5.74) is 1.81. The van der Waals surface area contributed by atoms with Crippen LogP contribution >= 0.6 is 0 Å². The zero-order valence-corrected chi connectivity index (χ0v) is 12.7. The number of aromatic nitrogens is 4. The van der Waals surface area contributed by atoms with E-state index in [1.165, 1.54) is 0 Å². The summed E-state index contributed by atoms with van der Waals surface area (Å²) < 4.78 is 3.67. The normalized spacial score (nSPS) is 11.2. The zero-order valence-electron chi connectivity index (χ0n) is 12.7. The molecule has 0 aliphatic heterocycles. The summed E-state index contributed by atoms with van der Waals surface area (Å²) in [5.74, 6) is -0.0507. The predicted octanol–water partition coefficient (Wildman–Crippen LogP) is 1.79. The summed E-state index contributed by atoms with van der Waals surface area (Å²) in [6, 6.07) is 1.93. The molecule has 2 aromatic rings. The van der Waals surface area contributed by atoms with Gasteiger partial charge in [0.2, 0.25) is 5.91 Å². The van der Waals surface area contributed by atoms with Gasteiger partial charge in [0, 0.05) is 44.2 Å². The Kier molecular flexibility index (Phi) is 4.92. The molecule has 0 atom stereocenters. The van der Waals surface area contributed by atoms with Gasteiger partial charge in [0.15, 0.2) is 0 Å². The maximum absolute atomic E-state index is 12.1. The lowest BCUT2D eigenvalue weighted by molar-refractivity contribution is -0.125. The first-order valence-electron chi connectivity index (χ1n) is 7.10. The lowest BCUT2D eigenvalue weighted by Gasteiger charge is -2.13. The largest absolute Gasteiger partial charge is 0.336 e. The van der Waals surface area contributed by atoms with Gasteiger partial charge >= 0.3 is 0 Å². The van der Waals surface area contributed by atoms with E-state index >= 15 is 0 Å². The Bertz CT molecular complexity index is 626. The summed E-state index contributed by atoms with van der Waals surface area (Å²) >= 11 is 0. The van der Waals surface area contributed by atoms with Crippen molar-refractivity contribution in [2.24, 2.45) is 0 Å². The van der Waals surface area contributed by atoms with Crippen LogP contribution in [0.1, 0.15) is 25.1 Å². The fourth-order valence-electron chi connectivity index (χ4n) is 1.92. The summed E-state index contributed by atoms with van der Waals surface area (Å²) in [6.07, 6.45) is 8.92. The number of hydrogen-bond donors (Lipinski definition) is 0. The van der Waals surface area contributed by atoms with Crippen molar-refractivity contribution in [1.82, 2.24) is 24.5 Å². The van der Waals surface area contributed by atoms with Crippen molar-refractivity contribution < 1.29 is 4.79 Å². The number of carbonyl (C=O) groups excluding carboxylic acids is 1. The van der Waals surface area contributed by atoms with Gasteiger partial charge in [-0.25, -0.2) is 0 Å². The average Bonchev–Trinajstić information content (AvgIpc) is 3.13. The molecule has 0 spiro atoms. The van der Waals surface area contributed by atoms with Gasteiger partial charge in [-0.3, -0.25) is 14.2 Å². The molecule has 1 amide bonds. The second-order valence-electron chi connectivity index (χ2n) is 4.82. The molecule has 0 aromatic carbocycles. The van der Waals surface area contributed by atoms with Gasteiger partial charge in [-0.2, -0.15) is 10.2 Å². The van der Waals surface area contributed by atoms with Crippen molar-refractivity contribution in [3.05, 3.63) is 42.0 Å². The molecule has 6 heteroatoms. The van der Waals surface area contributed by atoms with Crippen LogP contribution in [0.25, 0.3) is 6.08 Å². The van der Waals surface area contributed by atoms with Gasteiger partial charge in [0.1, 0.15) is 0 Å². The molecule has 6 nitrogen and oxygen atoms in total. The van der Waals surface area contributed by atoms with Gasteiger partial charge < -0.3 is 4.90 Å². The van der Waals surface area contributed by atoms with Crippen LogP contribution in [0.5, 0.6) is 0 Å². The minimum absolute atomic E-state index is 0.0507. The highest BCUT2D eigenvalue weighted by Gasteiger charge is 2.08. The summed E-state index contributed by atoms with van der Waals surface area (Å²) in [4.78, 5) is 13.7. The Morgan fingerprint density at radius 2 is 2.10 bits per heavy atom. The zero-order chi connectivity index (χ0) is 15.2. The Hall–Kier alpha value is -2.37. The summed E-state index contributed by atoms with van der Waals surface area (Å²) in [7, 11) is 1.77. The van der Waals surface area contributed by atoms with Gasteiger partial charge in [-0.15, -0.1) is 0 Å². The van der Waals surface area contributed by atoms with Gasteiger partial charge in [-0.1, -0.05) is 0 Å². The third-order valence-corrected chi connectivity index (χ3v) is 3.19. The quantitative estimate of drug-likeness (QED) is 0.761. The minimum atomic E-state index is -0.0507. The Balaban J connectivity index is 1.92. The van der Waals surface area contributed by atoms with Gasteiger partial charge in [0.25, 0.3) is 0 Å². The lowest BCUT2D eigenvalue weighted by Crippen LogP contribution is -2.24. The first-order chi connectivity index (χ1) is 10.1. The van der Waals surface area contributed by atoms with Crippen LogP contribution in [-0.2, 0) is 24.4 Å². The van der Waals surface area contributed by atoms with Crippen LogP contribution < -0.4 is 0 Å². The topological polar surface area (TPSA) is 56.0 Å². The van der Waals surface area contributed by atoms with Crippen molar-refractivity contribution in [2.45, 2.75) is 33.5 Å². The molecule has 0 aliphatic carbocycles. The van der Waals surface area contributed by atoms with Crippen LogP contribution in [0.3, 0.4) is 0 Å². The fourth-order valence-corrected chi connectivity index (χ4v) is 1.92. The van der Waals surface area contributed by atoms with Gasteiger partial charge in [-0.05, 0) is 26.0 Å². The molecule has 0 saturated heterocycles. The molecule has 2 rings (SSSR count). The standard InChI is InChI=1S/C15H21N5O/c1-4-19-9-8-14(17-19)12-18(3)15(21)7-6-13-10-16-20(5-2)11-13/h6-11H,4-5,12H2,1-3H3/b7-6+. The highest BCUT2D eigenvalue weighted by Crippen LogP contribution is 2.04. The average molecular weight is 287 g/mol. The summed E-state index contributed by atoms with van der Waals surface area (Å²) in [6.45, 7) is 6.21. The molecule has 0 aliphatic rings. The molecule has 112 valence electrons. The van der Waals surface area contributed by atoms with E-state index in [0.717, 1.165) is 24.3 Å². The van der Waals surface area contributed by atoms with Crippen molar-refractivity contribution in [1.29, 1.82) is 0 Å². The summed E-state index contributed by atoms with van der Waals surface area (Å²) in [5, 5.41) is 8.53. The highest BCUT2D eigenvalue weighted by molar-refractivity contribution is 5.91. The molecule has 2 aromatic heterocycles. The van der Waals surface area contributed by atoms with Crippen LogP contribution in [0.2, 0.25) is 0 Å². The van der Waals surface area contributed by atoms with Crippen molar-refractivity contribution >= 4 is 12.0 Å². The van der Waals surface area contributed by atoms with Gasteiger partial charge in [0.05, 0.1) is 18.4 Å². The van der Waals surface area contributed by atoms with Crippen molar-refractivity contribution in [3.63, 3.8) is 0 Å². The molecular weight excluding hydrogens is 266 g/mol. The minimum Gasteiger partial charge on any atom is -0.336 e. The third kappa shape index (κ3) is 4.05. The number of nitrogens with zero attached hydrogens (tertiary/aromatic N) is 5. The molecule has 0 N–H and O–H groups in total. The maximum atomic E-state index is 12.1. The molecule has 0 radical (unpaired) electrons.